The van der Waals surface area contributed by atoms with Crippen molar-refractivity contribution in [1.82, 2.24) is 19.6 Å². The lowest BCUT2D eigenvalue weighted by atomic mass is 10.1. The Morgan fingerprint density at radius 1 is 1.23 bits per heavy atom. The third-order valence-corrected chi connectivity index (χ3v) is 4.49. The summed E-state index contributed by atoms with van der Waals surface area (Å²) in [5.41, 5.74) is 2.52. The predicted octanol–water partition coefficient (Wildman–Crippen LogP) is 1.05. The van der Waals surface area contributed by atoms with Crippen LogP contribution in [-0.2, 0) is 6.54 Å². The van der Waals surface area contributed by atoms with Crippen LogP contribution in [0.1, 0.15) is 42.0 Å². The number of amides is 1. The summed E-state index contributed by atoms with van der Waals surface area (Å²) in [5.74, 6) is 0.0883. The van der Waals surface area contributed by atoms with Crippen LogP contribution in [0.2, 0.25) is 0 Å². The number of hydrogen-bond donors (Lipinski definition) is 1. The Bertz CT molecular complexity index is 518. The number of nitrogens with zero attached hydrogens (tertiary/aromatic N) is 4. The van der Waals surface area contributed by atoms with E-state index < -0.39 is 0 Å². The molecule has 0 aromatic carbocycles. The average Bonchev–Trinajstić information content (AvgIpc) is 2.81. The van der Waals surface area contributed by atoms with Gasteiger partial charge < -0.3 is 10.0 Å². The number of aliphatic hydroxyl groups excluding tert-OH is 1. The molecule has 6 nitrogen and oxygen atoms in total. The minimum absolute atomic E-state index is 0.0883. The van der Waals surface area contributed by atoms with Gasteiger partial charge in [0, 0.05) is 45.0 Å². The van der Waals surface area contributed by atoms with Crippen LogP contribution in [0.15, 0.2) is 0 Å². The van der Waals surface area contributed by atoms with Gasteiger partial charge in [-0.1, -0.05) is 6.92 Å². The smallest absolute Gasteiger partial charge is 0.257 e. The summed E-state index contributed by atoms with van der Waals surface area (Å²) in [5, 5.41) is 14.2. The lowest BCUT2D eigenvalue weighted by molar-refractivity contribution is 0.0522. The minimum atomic E-state index is -0.269. The summed E-state index contributed by atoms with van der Waals surface area (Å²) >= 11 is 0. The first-order chi connectivity index (χ1) is 10.5. The number of carbonyl (C=O) groups is 1. The number of carbonyl (C=O) groups excluding carboxylic acids is 1. The van der Waals surface area contributed by atoms with E-state index in [1.54, 1.807) is 0 Å². The molecular weight excluding hydrogens is 280 g/mol. The molecule has 1 amide bonds. The quantitative estimate of drug-likeness (QED) is 0.883. The van der Waals surface area contributed by atoms with Crippen molar-refractivity contribution in [2.75, 3.05) is 32.7 Å². The van der Waals surface area contributed by atoms with Gasteiger partial charge in [0.25, 0.3) is 5.91 Å². The fourth-order valence-corrected chi connectivity index (χ4v) is 3.03. The maximum atomic E-state index is 12.8. The fourth-order valence-electron chi connectivity index (χ4n) is 3.03. The lowest BCUT2D eigenvalue weighted by Crippen LogP contribution is -2.50. The van der Waals surface area contributed by atoms with Crippen LogP contribution < -0.4 is 0 Å². The van der Waals surface area contributed by atoms with Gasteiger partial charge in [0.15, 0.2) is 0 Å². The predicted molar refractivity (Wildman–Crippen MR) is 86.0 cm³/mol. The standard InChI is InChI=1S/C16H28N4O2/c1-5-14(21)11-18-7-9-19(10-8-18)16(22)15-12(3)17-20(6-2)13(15)4/h14,21H,5-11H2,1-4H3. The molecule has 0 spiro atoms. The molecule has 1 unspecified atom stereocenters. The van der Waals surface area contributed by atoms with Gasteiger partial charge in [-0.3, -0.25) is 14.4 Å². The topological polar surface area (TPSA) is 61.6 Å². The molecule has 1 aliphatic heterocycles. The zero-order chi connectivity index (χ0) is 16.3. The zero-order valence-electron chi connectivity index (χ0n) is 14.2. The first-order valence-electron chi connectivity index (χ1n) is 8.21. The Labute approximate surface area is 132 Å². The number of aromatic nitrogens is 2. The molecule has 1 aliphatic rings. The highest BCUT2D eigenvalue weighted by atomic mass is 16.3. The molecule has 6 heteroatoms. The lowest BCUT2D eigenvalue weighted by Gasteiger charge is -2.35. The van der Waals surface area contributed by atoms with Crippen LogP contribution in [-0.4, -0.2) is 69.4 Å². The van der Waals surface area contributed by atoms with Gasteiger partial charge in [0.05, 0.1) is 17.4 Å². The molecule has 1 atom stereocenters. The van der Waals surface area contributed by atoms with E-state index in [4.69, 9.17) is 0 Å². The van der Waals surface area contributed by atoms with Gasteiger partial charge in [-0.2, -0.15) is 5.10 Å². The number of aliphatic hydroxyl groups is 1. The van der Waals surface area contributed by atoms with Crippen LogP contribution in [0.3, 0.4) is 0 Å². The Morgan fingerprint density at radius 2 is 1.86 bits per heavy atom. The molecule has 1 aromatic rings. The molecule has 1 saturated heterocycles. The maximum Gasteiger partial charge on any atom is 0.257 e. The van der Waals surface area contributed by atoms with Gasteiger partial charge in [0.2, 0.25) is 0 Å². The summed E-state index contributed by atoms with van der Waals surface area (Å²) < 4.78 is 1.89. The van der Waals surface area contributed by atoms with Crippen LogP contribution >= 0.6 is 0 Å². The first kappa shape index (κ1) is 17.0. The fraction of sp³-hybridized carbons (Fsp3) is 0.750. The van der Waals surface area contributed by atoms with Gasteiger partial charge >= 0.3 is 0 Å². The normalized spacial score (nSPS) is 17.8. The molecule has 124 valence electrons. The van der Waals surface area contributed by atoms with Crippen molar-refractivity contribution in [3.05, 3.63) is 17.0 Å². The molecule has 0 bridgehead atoms. The van der Waals surface area contributed by atoms with Crippen LogP contribution in [0, 0.1) is 13.8 Å². The Hall–Kier alpha value is -1.40. The number of piperazine rings is 1. The number of hydrogen-bond acceptors (Lipinski definition) is 4. The summed E-state index contributed by atoms with van der Waals surface area (Å²) in [7, 11) is 0. The molecule has 1 aromatic heterocycles. The van der Waals surface area contributed by atoms with Gasteiger partial charge in [-0.05, 0) is 27.2 Å². The highest BCUT2D eigenvalue weighted by molar-refractivity contribution is 5.96. The van der Waals surface area contributed by atoms with Gasteiger partial charge in [-0.15, -0.1) is 0 Å². The Morgan fingerprint density at radius 3 is 2.36 bits per heavy atom. The van der Waals surface area contributed by atoms with E-state index in [-0.39, 0.29) is 12.0 Å². The second-order valence-electron chi connectivity index (χ2n) is 6.02. The van der Waals surface area contributed by atoms with E-state index in [1.165, 1.54) is 0 Å². The van der Waals surface area contributed by atoms with E-state index in [2.05, 4.69) is 10.00 Å². The molecule has 2 rings (SSSR count). The third-order valence-electron chi connectivity index (χ3n) is 4.49. The van der Waals surface area contributed by atoms with Crippen molar-refractivity contribution < 1.29 is 9.90 Å². The first-order valence-corrected chi connectivity index (χ1v) is 8.21. The SMILES string of the molecule is CCC(O)CN1CCN(C(=O)c2c(C)nn(CC)c2C)CC1. The molecular formula is C16H28N4O2. The van der Waals surface area contributed by atoms with Gasteiger partial charge in [-0.25, -0.2) is 0 Å². The number of β-amino-alcohol motifs (C(OH)–C–C–N with tert-alkyl or cyclic N) is 1. The molecule has 0 saturated carbocycles. The average molecular weight is 308 g/mol. The van der Waals surface area contributed by atoms with Crippen molar-refractivity contribution in [3.8, 4) is 0 Å². The van der Waals surface area contributed by atoms with E-state index in [0.29, 0.717) is 19.6 Å². The minimum Gasteiger partial charge on any atom is -0.392 e. The Balaban J connectivity index is 2.00. The monoisotopic (exact) mass is 308 g/mol. The van der Waals surface area contributed by atoms with Crippen molar-refractivity contribution >= 4 is 5.91 Å². The van der Waals surface area contributed by atoms with E-state index in [1.807, 2.05) is 37.3 Å². The van der Waals surface area contributed by atoms with E-state index in [9.17, 15) is 9.90 Å². The molecule has 1 fully saturated rings. The van der Waals surface area contributed by atoms with Crippen molar-refractivity contribution in [3.63, 3.8) is 0 Å². The van der Waals surface area contributed by atoms with Crippen molar-refractivity contribution in [2.45, 2.75) is 46.8 Å². The summed E-state index contributed by atoms with van der Waals surface area (Å²) in [6, 6.07) is 0. The molecule has 0 aliphatic carbocycles. The summed E-state index contributed by atoms with van der Waals surface area (Å²) in [6.07, 6.45) is 0.503. The van der Waals surface area contributed by atoms with Crippen molar-refractivity contribution in [1.29, 1.82) is 0 Å². The van der Waals surface area contributed by atoms with Crippen LogP contribution in [0.4, 0.5) is 0 Å². The van der Waals surface area contributed by atoms with Crippen LogP contribution in [0.5, 0.6) is 0 Å². The summed E-state index contributed by atoms with van der Waals surface area (Å²) in [6.45, 7) is 12.4. The molecule has 22 heavy (non-hydrogen) atoms. The van der Waals surface area contributed by atoms with Gasteiger partial charge in [0.1, 0.15) is 0 Å². The third kappa shape index (κ3) is 3.50. The second-order valence-corrected chi connectivity index (χ2v) is 6.02. The highest BCUT2D eigenvalue weighted by Gasteiger charge is 2.27. The molecule has 2 heterocycles. The Kier molecular flexibility index (Phi) is 5.58. The van der Waals surface area contributed by atoms with Crippen molar-refractivity contribution in [2.24, 2.45) is 0 Å². The largest absolute Gasteiger partial charge is 0.392 e. The second kappa shape index (κ2) is 7.24. The maximum absolute atomic E-state index is 12.8. The van der Waals surface area contributed by atoms with Crippen LogP contribution in [0.25, 0.3) is 0 Å². The summed E-state index contributed by atoms with van der Waals surface area (Å²) in [4.78, 5) is 16.9. The van der Waals surface area contributed by atoms with E-state index in [0.717, 1.165) is 43.0 Å². The molecule has 1 N–H and O–H groups in total. The zero-order valence-corrected chi connectivity index (χ0v) is 14.2. The molecule has 0 radical (unpaired) electrons. The number of aryl methyl sites for hydroxylation is 2. The number of rotatable bonds is 5. The highest BCUT2D eigenvalue weighted by Crippen LogP contribution is 2.17. The van der Waals surface area contributed by atoms with E-state index >= 15 is 0 Å².